The van der Waals surface area contributed by atoms with Gasteiger partial charge >= 0.3 is 0 Å². The highest BCUT2D eigenvalue weighted by Crippen LogP contribution is 2.40. The molecule has 0 aliphatic heterocycles. The Labute approximate surface area is 225 Å². The van der Waals surface area contributed by atoms with E-state index in [9.17, 15) is 4.79 Å². The van der Waals surface area contributed by atoms with Crippen molar-refractivity contribution < 1.29 is 13.9 Å². The minimum atomic E-state index is -0.0971. The summed E-state index contributed by atoms with van der Waals surface area (Å²) in [5.41, 5.74) is 3.93. The Bertz CT molecular complexity index is 1600. The van der Waals surface area contributed by atoms with Crippen LogP contribution in [0.3, 0.4) is 0 Å². The van der Waals surface area contributed by atoms with E-state index in [1.807, 2.05) is 48.7 Å². The van der Waals surface area contributed by atoms with Crippen LogP contribution in [0.5, 0.6) is 5.75 Å². The first-order chi connectivity index (χ1) is 18.7. The molecule has 6 heteroatoms. The smallest absolute Gasteiger partial charge is 0.255 e. The quantitative estimate of drug-likeness (QED) is 0.214. The summed E-state index contributed by atoms with van der Waals surface area (Å²) >= 11 is 1.63. The van der Waals surface area contributed by atoms with E-state index in [0.29, 0.717) is 18.7 Å². The Morgan fingerprint density at radius 3 is 2.79 bits per heavy atom. The number of thiophene rings is 1. The normalized spacial score (nSPS) is 13.1. The number of aliphatic imine (C=N–C) groups is 1. The maximum absolute atomic E-state index is 13.2. The van der Waals surface area contributed by atoms with Gasteiger partial charge < -0.3 is 14.5 Å². The Balaban J connectivity index is 1.20. The summed E-state index contributed by atoms with van der Waals surface area (Å²) in [6, 6.07) is 26.2. The van der Waals surface area contributed by atoms with E-state index < -0.39 is 0 Å². The molecule has 5 nitrogen and oxygen atoms in total. The number of furan rings is 1. The summed E-state index contributed by atoms with van der Waals surface area (Å²) in [6.45, 7) is 0.843. The van der Waals surface area contributed by atoms with Crippen LogP contribution in [0.1, 0.15) is 50.5 Å². The SMILES string of the molecule is O=C(NCc1ccco1)c1c(N=Cc2cccc(OCc3cccc4ccccc34)c2)sc2c1CCCC2. The molecule has 1 amide bonds. The van der Waals surface area contributed by atoms with E-state index in [1.54, 1.807) is 17.6 Å². The second-order valence-corrected chi connectivity index (χ2v) is 10.5. The van der Waals surface area contributed by atoms with Crippen molar-refractivity contribution in [3.63, 3.8) is 0 Å². The number of benzene rings is 3. The maximum Gasteiger partial charge on any atom is 0.255 e. The topological polar surface area (TPSA) is 63.8 Å². The van der Waals surface area contributed by atoms with Crippen LogP contribution in [0.25, 0.3) is 10.8 Å². The predicted octanol–water partition coefficient (Wildman–Crippen LogP) is 7.63. The van der Waals surface area contributed by atoms with Gasteiger partial charge in [0.25, 0.3) is 5.91 Å². The van der Waals surface area contributed by atoms with E-state index in [0.717, 1.165) is 58.9 Å². The molecule has 2 heterocycles. The minimum Gasteiger partial charge on any atom is -0.489 e. The summed E-state index contributed by atoms with van der Waals surface area (Å²) in [5.74, 6) is 1.41. The summed E-state index contributed by atoms with van der Waals surface area (Å²) < 4.78 is 11.5. The molecule has 1 N–H and O–H groups in total. The molecule has 6 rings (SSSR count). The van der Waals surface area contributed by atoms with E-state index in [1.165, 1.54) is 15.6 Å². The summed E-state index contributed by atoms with van der Waals surface area (Å²) in [5, 5.41) is 6.18. The molecule has 0 unspecified atom stereocenters. The van der Waals surface area contributed by atoms with Crippen LogP contribution in [0.15, 0.2) is 94.5 Å². The molecule has 190 valence electrons. The van der Waals surface area contributed by atoms with E-state index >= 15 is 0 Å². The Kier molecular flexibility index (Phi) is 7.05. The van der Waals surface area contributed by atoms with Gasteiger partial charge in [-0.15, -0.1) is 11.3 Å². The fourth-order valence-electron chi connectivity index (χ4n) is 4.94. The lowest BCUT2D eigenvalue weighted by atomic mass is 9.95. The van der Waals surface area contributed by atoms with Crippen LogP contribution in [-0.4, -0.2) is 12.1 Å². The molecule has 38 heavy (non-hydrogen) atoms. The molecule has 1 aliphatic rings. The van der Waals surface area contributed by atoms with E-state index in [2.05, 4.69) is 41.7 Å². The minimum absolute atomic E-state index is 0.0971. The zero-order valence-corrected chi connectivity index (χ0v) is 21.8. The first kappa shape index (κ1) is 24.2. The zero-order chi connectivity index (χ0) is 25.7. The molecule has 3 aromatic carbocycles. The average Bonchev–Trinajstić information content (AvgIpc) is 3.62. The van der Waals surface area contributed by atoms with Crippen LogP contribution in [0.2, 0.25) is 0 Å². The zero-order valence-electron chi connectivity index (χ0n) is 21.0. The molecule has 5 aromatic rings. The van der Waals surface area contributed by atoms with E-state index in [-0.39, 0.29) is 5.91 Å². The number of hydrogen-bond acceptors (Lipinski definition) is 5. The molecular weight excluding hydrogens is 492 g/mol. The first-order valence-corrected chi connectivity index (χ1v) is 13.7. The van der Waals surface area contributed by atoms with Crippen molar-refractivity contribution in [1.82, 2.24) is 5.32 Å². The maximum atomic E-state index is 13.2. The van der Waals surface area contributed by atoms with Crippen LogP contribution in [0.4, 0.5) is 5.00 Å². The number of nitrogens with zero attached hydrogens (tertiary/aromatic N) is 1. The van der Waals surface area contributed by atoms with Gasteiger partial charge in [0.15, 0.2) is 0 Å². The average molecular weight is 521 g/mol. The van der Waals surface area contributed by atoms with Gasteiger partial charge in [-0.05, 0) is 77.4 Å². The predicted molar refractivity (Wildman–Crippen MR) is 153 cm³/mol. The lowest BCUT2D eigenvalue weighted by Crippen LogP contribution is -2.23. The lowest BCUT2D eigenvalue weighted by Gasteiger charge is -2.12. The molecule has 0 spiro atoms. The van der Waals surface area contributed by atoms with Gasteiger partial charge in [0, 0.05) is 11.1 Å². The number of nitrogens with one attached hydrogen (secondary N) is 1. The molecular formula is C32H28N2O3S. The second-order valence-electron chi connectivity index (χ2n) is 9.41. The van der Waals surface area contributed by atoms with Gasteiger partial charge in [-0.25, -0.2) is 4.99 Å². The lowest BCUT2D eigenvalue weighted by molar-refractivity contribution is 0.0948. The van der Waals surface area contributed by atoms with Crippen molar-refractivity contribution in [3.8, 4) is 5.75 Å². The monoisotopic (exact) mass is 520 g/mol. The molecule has 0 bridgehead atoms. The van der Waals surface area contributed by atoms with Crippen LogP contribution in [0, 0.1) is 0 Å². The molecule has 1 aliphatic carbocycles. The van der Waals surface area contributed by atoms with Crippen molar-refractivity contribution in [2.24, 2.45) is 4.99 Å². The third kappa shape index (κ3) is 5.27. The third-order valence-electron chi connectivity index (χ3n) is 6.85. The Morgan fingerprint density at radius 2 is 1.87 bits per heavy atom. The van der Waals surface area contributed by atoms with Gasteiger partial charge in [-0.1, -0.05) is 54.6 Å². The standard InChI is InChI=1S/C32H28N2O3S/c35-31(33-20-26-13-7-17-36-26)30-28-15-3-4-16-29(28)38-32(30)34-19-22-8-5-12-25(18-22)37-21-24-11-6-10-23-9-1-2-14-27(23)24/h1-2,5-14,17-19H,3-4,15-16,20-21H2,(H,33,35). The molecule has 0 fully saturated rings. The molecule has 0 saturated heterocycles. The highest BCUT2D eigenvalue weighted by Gasteiger charge is 2.25. The highest BCUT2D eigenvalue weighted by atomic mass is 32.1. The third-order valence-corrected chi connectivity index (χ3v) is 8.05. The van der Waals surface area contributed by atoms with Gasteiger partial charge in [-0.3, -0.25) is 4.79 Å². The van der Waals surface area contributed by atoms with Crippen molar-refractivity contribution in [1.29, 1.82) is 0 Å². The highest BCUT2D eigenvalue weighted by molar-refractivity contribution is 7.16. The van der Waals surface area contributed by atoms with Gasteiger partial charge in [0.1, 0.15) is 23.1 Å². The Hall–Kier alpha value is -4.16. The van der Waals surface area contributed by atoms with Gasteiger partial charge in [0.2, 0.25) is 0 Å². The fourth-order valence-corrected chi connectivity index (χ4v) is 6.17. The van der Waals surface area contributed by atoms with Crippen LogP contribution < -0.4 is 10.1 Å². The number of fused-ring (bicyclic) bond motifs is 2. The van der Waals surface area contributed by atoms with E-state index in [4.69, 9.17) is 14.1 Å². The van der Waals surface area contributed by atoms with Crippen molar-refractivity contribution in [2.75, 3.05) is 0 Å². The number of amides is 1. The number of rotatable bonds is 8. The number of carbonyl (C=O) groups is 1. The number of carbonyl (C=O) groups excluding carboxylic acids is 1. The van der Waals surface area contributed by atoms with Gasteiger partial charge in [0.05, 0.1) is 18.4 Å². The van der Waals surface area contributed by atoms with Crippen molar-refractivity contribution in [3.05, 3.63) is 118 Å². The summed E-state index contributed by atoms with van der Waals surface area (Å²) in [6.07, 6.45) is 7.62. The molecule has 0 atom stereocenters. The Morgan fingerprint density at radius 1 is 1.00 bits per heavy atom. The first-order valence-electron chi connectivity index (χ1n) is 12.9. The van der Waals surface area contributed by atoms with Crippen LogP contribution in [-0.2, 0) is 26.0 Å². The molecule has 0 radical (unpaired) electrons. The van der Waals surface area contributed by atoms with Crippen molar-refractivity contribution in [2.45, 2.75) is 38.8 Å². The number of hydrogen-bond donors (Lipinski definition) is 1. The second kappa shape index (κ2) is 11.1. The largest absolute Gasteiger partial charge is 0.489 e. The van der Waals surface area contributed by atoms with Crippen LogP contribution >= 0.6 is 11.3 Å². The molecule has 0 saturated carbocycles. The van der Waals surface area contributed by atoms with Gasteiger partial charge in [-0.2, -0.15) is 0 Å². The molecule has 2 aromatic heterocycles. The number of ether oxygens (including phenoxy) is 1. The fraction of sp³-hybridized carbons (Fsp3) is 0.188. The van der Waals surface area contributed by atoms with Crippen molar-refractivity contribution >= 4 is 39.2 Å². The number of aryl methyl sites for hydroxylation is 1. The summed E-state index contributed by atoms with van der Waals surface area (Å²) in [4.78, 5) is 19.3. The summed E-state index contributed by atoms with van der Waals surface area (Å²) in [7, 11) is 0.